The van der Waals surface area contributed by atoms with Crippen molar-refractivity contribution in [3.05, 3.63) is 66.4 Å². The van der Waals surface area contributed by atoms with Crippen LogP contribution in [0.3, 0.4) is 0 Å². The van der Waals surface area contributed by atoms with Gasteiger partial charge in [-0.2, -0.15) is 0 Å². The van der Waals surface area contributed by atoms with E-state index in [4.69, 9.17) is 5.14 Å². The van der Waals surface area contributed by atoms with Crippen LogP contribution in [0.1, 0.15) is 25.5 Å². The van der Waals surface area contributed by atoms with E-state index in [9.17, 15) is 23.1 Å². The number of benzene rings is 2. The molecule has 3 aromatic rings. The quantitative estimate of drug-likeness (QED) is 0.428. The standard InChI is InChI=1S/C22H25N5O5S/c1-14(2)20(22(29)30)24-21(28)19(12-15-6-4-3-5-7-15)27-13-18(25-26-27)16-8-10-17(11-9-16)33(23,31)32/h3-11,13-14,19-20H,12H2,1-2H3,(H,24,28)(H,29,30)(H2,23,31,32)/t19-,20?/m0/s1. The zero-order valence-electron chi connectivity index (χ0n) is 18.1. The summed E-state index contributed by atoms with van der Waals surface area (Å²) >= 11 is 0. The molecule has 1 amide bonds. The van der Waals surface area contributed by atoms with Crippen LogP contribution in [0, 0.1) is 5.92 Å². The Morgan fingerprint density at radius 1 is 1.09 bits per heavy atom. The Kier molecular flexibility index (Phi) is 7.24. The Morgan fingerprint density at radius 3 is 2.27 bits per heavy atom. The number of rotatable bonds is 9. The van der Waals surface area contributed by atoms with E-state index in [1.54, 1.807) is 32.2 Å². The van der Waals surface area contributed by atoms with Crippen LogP contribution in [0.5, 0.6) is 0 Å². The van der Waals surface area contributed by atoms with Crippen molar-refractivity contribution in [1.29, 1.82) is 0 Å². The number of hydrogen-bond acceptors (Lipinski definition) is 6. The molecule has 0 aliphatic rings. The van der Waals surface area contributed by atoms with Crippen molar-refractivity contribution >= 4 is 21.9 Å². The second kappa shape index (κ2) is 9.92. The van der Waals surface area contributed by atoms with Gasteiger partial charge in [-0.3, -0.25) is 4.79 Å². The predicted octanol–water partition coefficient (Wildman–Crippen LogP) is 1.60. The zero-order chi connectivity index (χ0) is 24.2. The minimum Gasteiger partial charge on any atom is -0.480 e. The number of nitrogens with zero attached hydrogens (tertiary/aromatic N) is 3. The summed E-state index contributed by atoms with van der Waals surface area (Å²) in [5.41, 5.74) is 1.86. The lowest BCUT2D eigenvalue weighted by molar-refractivity contribution is -0.143. The number of amides is 1. The third-order valence-electron chi connectivity index (χ3n) is 5.11. The number of aromatic nitrogens is 3. The van der Waals surface area contributed by atoms with E-state index < -0.39 is 34.0 Å². The molecule has 0 spiro atoms. The molecule has 3 rings (SSSR count). The maximum absolute atomic E-state index is 13.1. The largest absolute Gasteiger partial charge is 0.480 e. The van der Waals surface area contributed by atoms with Crippen LogP contribution in [0.15, 0.2) is 65.7 Å². The van der Waals surface area contributed by atoms with E-state index in [0.717, 1.165) is 5.56 Å². The van der Waals surface area contributed by atoms with Gasteiger partial charge in [-0.15, -0.1) is 5.10 Å². The van der Waals surface area contributed by atoms with E-state index in [-0.39, 0.29) is 17.2 Å². The van der Waals surface area contributed by atoms with Gasteiger partial charge in [0, 0.05) is 12.0 Å². The lowest BCUT2D eigenvalue weighted by Crippen LogP contribution is -2.47. The highest BCUT2D eigenvalue weighted by Gasteiger charge is 2.29. The van der Waals surface area contributed by atoms with Gasteiger partial charge in [-0.25, -0.2) is 23.0 Å². The lowest BCUT2D eigenvalue weighted by atomic mass is 10.0. The maximum atomic E-state index is 13.1. The van der Waals surface area contributed by atoms with Crippen LogP contribution in [0.4, 0.5) is 0 Å². The molecule has 2 aromatic carbocycles. The van der Waals surface area contributed by atoms with Crippen molar-refractivity contribution in [1.82, 2.24) is 20.3 Å². The number of primary sulfonamides is 1. The second-order valence-corrected chi connectivity index (χ2v) is 9.49. The van der Waals surface area contributed by atoms with Crippen LogP contribution in [-0.2, 0) is 26.0 Å². The molecular formula is C22H25N5O5S. The van der Waals surface area contributed by atoms with Gasteiger partial charge in [0.25, 0.3) is 0 Å². The van der Waals surface area contributed by atoms with Crippen molar-refractivity contribution in [3.8, 4) is 11.3 Å². The first kappa shape index (κ1) is 24.1. The maximum Gasteiger partial charge on any atom is 0.326 e. The minimum absolute atomic E-state index is 0.0339. The van der Waals surface area contributed by atoms with E-state index in [1.165, 1.54) is 16.8 Å². The minimum atomic E-state index is -3.82. The Bertz CT molecular complexity index is 1220. The number of hydrogen-bond donors (Lipinski definition) is 3. The molecule has 2 atom stereocenters. The molecule has 0 aliphatic heterocycles. The van der Waals surface area contributed by atoms with Crippen molar-refractivity contribution in [2.75, 3.05) is 0 Å². The molecule has 174 valence electrons. The highest BCUT2D eigenvalue weighted by molar-refractivity contribution is 7.89. The molecule has 0 bridgehead atoms. The smallest absolute Gasteiger partial charge is 0.326 e. The highest BCUT2D eigenvalue weighted by Crippen LogP contribution is 2.22. The molecule has 0 radical (unpaired) electrons. The van der Waals surface area contributed by atoms with Gasteiger partial charge in [-0.1, -0.05) is 61.5 Å². The molecule has 4 N–H and O–H groups in total. The van der Waals surface area contributed by atoms with Crippen molar-refractivity contribution in [3.63, 3.8) is 0 Å². The summed E-state index contributed by atoms with van der Waals surface area (Å²) in [5.74, 6) is -1.93. The number of nitrogens with one attached hydrogen (secondary N) is 1. The SMILES string of the molecule is CC(C)C(NC(=O)[C@H](Cc1ccccc1)n1cc(-c2ccc(S(N)(=O)=O)cc2)nn1)C(=O)O. The van der Waals surface area contributed by atoms with Gasteiger partial charge in [0.2, 0.25) is 15.9 Å². The van der Waals surface area contributed by atoms with E-state index in [2.05, 4.69) is 15.6 Å². The molecule has 0 fully saturated rings. The average molecular weight is 472 g/mol. The predicted molar refractivity (Wildman–Crippen MR) is 120 cm³/mol. The summed E-state index contributed by atoms with van der Waals surface area (Å²) < 4.78 is 24.3. The summed E-state index contributed by atoms with van der Waals surface area (Å²) in [7, 11) is -3.82. The fraction of sp³-hybridized carbons (Fsp3) is 0.273. The first-order valence-electron chi connectivity index (χ1n) is 10.2. The number of carboxylic acids is 1. The van der Waals surface area contributed by atoms with Crippen LogP contribution >= 0.6 is 0 Å². The molecule has 33 heavy (non-hydrogen) atoms. The zero-order valence-corrected chi connectivity index (χ0v) is 18.9. The summed E-state index contributed by atoms with van der Waals surface area (Å²) in [6, 6.07) is 13.2. The van der Waals surface area contributed by atoms with Crippen LogP contribution < -0.4 is 10.5 Å². The van der Waals surface area contributed by atoms with Gasteiger partial charge >= 0.3 is 5.97 Å². The molecule has 0 aliphatic carbocycles. The van der Waals surface area contributed by atoms with Gasteiger partial charge < -0.3 is 10.4 Å². The van der Waals surface area contributed by atoms with Crippen molar-refractivity contribution in [2.24, 2.45) is 11.1 Å². The molecular weight excluding hydrogens is 446 g/mol. The molecule has 10 nitrogen and oxygen atoms in total. The molecule has 0 saturated heterocycles. The number of carbonyl (C=O) groups excluding carboxylic acids is 1. The number of aliphatic carboxylic acids is 1. The normalized spacial score (nSPS) is 13.5. The second-order valence-electron chi connectivity index (χ2n) is 7.93. The third kappa shape index (κ3) is 6.02. The van der Waals surface area contributed by atoms with E-state index >= 15 is 0 Å². The molecule has 1 unspecified atom stereocenters. The first-order valence-corrected chi connectivity index (χ1v) is 11.7. The summed E-state index contributed by atoms with van der Waals surface area (Å²) in [6.07, 6.45) is 1.83. The number of carbonyl (C=O) groups is 2. The van der Waals surface area contributed by atoms with Gasteiger partial charge in [0.1, 0.15) is 17.8 Å². The van der Waals surface area contributed by atoms with Gasteiger partial charge in [0.05, 0.1) is 11.1 Å². The molecule has 0 saturated carbocycles. The van der Waals surface area contributed by atoms with Crippen LogP contribution in [0.2, 0.25) is 0 Å². The fourth-order valence-corrected chi connectivity index (χ4v) is 3.80. The van der Waals surface area contributed by atoms with Crippen LogP contribution in [0.25, 0.3) is 11.3 Å². The Labute approximate surface area is 191 Å². The summed E-state index contributed by atoms with van der Waals surface area (Å²) in [5, 5.41) is 25.4. The van der Waals surface area contributed by atoms with Gasteiger partial charge in [-0.05, 0) is 23.6 Å². The average Bonchev–Trinajstić information content (AvgIpc) is 3.25. The fourth-order valence-electron chi connectivity index (χ4n) is 3.28. The third-order valence-corrected chi connectivity index (χ3v) is 6.04. The number of nitrogens with two attached hydrogens (primary N) is 1. The molecule has 11 heteroatoms. The van der Waals surface area contributed by atoms with Gasteiger partial charge in [0.15, 0.2) is 0 Å². The Morgan fingerprint density at radius 2 is 1.73 bits per heavy atom. The summed E-state index contributed by atoms with van der Waals surface area (Å²) in [4.78, 5) is 24.7. The Balaban J connectivity index is 1.91. The molecule has 1 aromatic heterocycles. The Hall–Kier alpha value is -3.57. The lowest BCUT2D eigenvalue weighted by Gasteiger charge is -2.22. The number of sulfonamides is 1. The van der Waals surface area contributed by atoms with Crippen molar-refractivity contribution < 1.29 is 23.1 Å². The first-order chi connectivity index (χ1) is 15.6. The molecule has 1 heterocycles. The van der Waals surface area contributed by atoms with Crippen molar-refractivity contribution in [2.45, 2.75) is 37.2 Å². The van der Waals surface area contributed by atoms with Crippen LogP contribution in [-0.4, -0.2) is 46.4 Å². The summed E-state index contributed by atoms with van der Waals surface area (Å²) in [6.45, 7) is 3.42. The number of carboxylic acid groups (broad SMARTS) is 1. The highest BCUT2D eigenvalue weighted by atomic mass is 32.2. The monoisotopic (exact) mass is 471 g/mol. The van der Waals surface area contributed by atoms with E-state index in [1.807, 2.05) is 30.3 Å². The van der Waals surface area contributed by atoms with E-state index in [0.29, 0.717) is 11.3 Å². The topological polar surface area (TPSA) is 157 Å².